The lowest BCUT2D eigenvalue weighted by atomic mass is 10.2. The molecule has 0 radical (unpaired) electrons. The third-order valence-electron chi connectivity index (χ3n) is 2.29. The van der Waals surface area contributed by atoms with E-state index in [4.69, 9.17) is 0 Å². The van der Waals surface area contributed by atoms with Crippen molar-refractivity contribution in [1.82, 2.24) is 10.2 Å². The fourth-order valence-corrected chi connectivity index (χ4v) is 1.43. The predicted octanol–water partition coefficient (Wildman–Crippen LogP) is 3.14. The van der Waals surface area contributed by atoms with Gasteiger partial charge < -0.3 is 10.6 Å². The van der Waals surface area contributed by atoms with Gasteiger partial charge in [0.1, 0.15) is 0 Å². The van der Waals surface area contributed by atoms with Gasteiger partial charge in [0.25, 0.3) is 0 Å². The number of amides is 2. The van der Waals surface area contributed by atoms with Gasteiger partial charge in [-0.2, -0.15) is 23.4 Å². The Labute approximate surface area is 111 Å². The van der Waals surface area contributed by atoms with E-state index in [9.17, 15) is 18.0 Å². The molecule has 0 saturated heterocycles. The monoisotopic (exact) mass is 282 g/mol. The van der Waals surface area contributed by atoms with Crippen molar-refractivity contribution in [2.45, 2.75) is 6.18 Å². The second kappa shape index (κ2) is 5.55. The lowest BCUT2D eigenvalue weighted by Gasteiger charge is -2.10. The number of anilines is 2. The van der Waals surface area contributed by atoms with Crippen molar-refractivity contribution < 1.29 is 18.0 Å². The molecule has 0 aliphatic carbocycles. The molecule has 0 bridgehead atoms. The summed E-state index contributed by atoms with van der Waals surface area (Å²) in [5.74, 6) is 0. The van der Waals surface area contributed by atoms with Crippen molar-refractivity contribution in [3.05, 3.63) is 48.3 Å². The van der Waals surface area contributed by atoms with Gasteiger partial charge in [-0.3, -0.25) is 0 Å². The molecule has 0 fully saturated rings. The molecule has 104 valence electrons. The molecule has 20 heavy (non-hydrogen) atoms. The minimum Gasteiger partial charge on any atom is -0.308 e. The number of urea groups is 1. The predicted molar refractivity (Wildman–Crippen MR) is 66.1 cm³/mol. The van der Waals surface area contributed by atoms with Crippen LogP contribution < -0.4 is 10.6 Å². The zero-order chi connectivity index (χ0) is 14.6. The van der Waals surface area contributed by atoms with E-state index in [0.717, 1.165) is 12.1 Å². The fraction of sp³-hybridized carbons (Fsp3) is 0.0833. The molecule has 8 heteroatoms. The van der Waals surface area contributed by atoms with E-state index in [2.05, 4.69) is 20.8 Å². The summed E-state index contributed by atoms with van der Waals surface area (Å²) >= 11 is 0. The minimum absolute atomic E-state index is 0.0411. The fourth-order valence-electron chi connectivity index (χ4n) is 1.43. The van der Waals surface area contributed by atoms with Gasteiger partial charge in [-0.25, -0.2) is 4.79 Å². The largest absolute Gasteiger partial charge is 0.416 e. The molecule has 0 saturated carbocycles. The van der Waals surface area contributed by atoms with E-state index in [0.29, 0.717) is 5.69 Å². The molecule has 2 N–H and O–H groups in total. The molecular weight excluding hydrogens is 273 g/mol. The molecule has 0 aliphatic rings. The van der Waals surface area contributed by atoms with Crippen LogP contribution in [0, 0.1) is 0 Å². The molecule has 0 atom stereocenters. The van der Waals surface area contributed by atoms with E-state index in [1.54, 1.807) is 0 Å². The molecule has 1 aromatic heterocycles. The maximum Gasteiger partial charge on any atom is 0.416 e. The first-order valence-corrected chi connectivity index (χ1v) is 5.47. The number of carbonyl (C=O) groups excluding carboxylic acids is 1. The maximum absolute atomic E-state index is 12.5. The van der Waals surface area contributed by atoms with Crippen LogP contribution in [-0.2, 0) is 6.18 Å². The van der Waals surface area contributed by atoms with Gasteiger partial charge >= 0.3 is 12.2 Å². The van der Waals surface area contributed by atoms with Crippen LogP contribution in [0.3, 0.4) is 0 Å². The Morgan fingerprint density at radius 3 is 2.45 bits per heavy atom. The quantitative estimate of drug-likeness (QED) is 0.889. The second-order valence-electron chi connectivity index (χ2n) is 3.79. The number of hydrogen-bond acceptors (Lipinski definition) is 3. The minimum atomic E-state index is -4.46. The topological polar surface area (TPSA) is 66.9 Å². The lowest BCUT2D eigenvalue weighted by molar-refractivity contribution is -0.137. The second-order valence-corrected chi connectivity index (χ2v) is 3.79. The van der Waals surface area contributed by atoms with E-state index >= 15 is 0 Å². The van der Waals surface area contributed by atoms with Crippen LogP contribution in [0.25, 0.3) is 0 Å². The highest BCUT2D eigenvalue weighted by molar-refractivity contribution is 5.99. The van der Waals surface area contributed by atoms with Crippen LogP contribution in [0.4, 0.5) is 29.3 Å². The van der Waals surface area contributed by atoms with Crippen molar-refractivity contribution in [1.29, 1.82) is 0 Å². The van der Waals surface area contributed by atoms with Crippen LogP contribution in [0.1, 0.15) is 5.56 Å². The number of aromatic nitrogens is 2. The molecule has 2 rings (SSSR count). The highest BCUT2D eigenvalue weighted by Crippen LogP contribution is 2.30. The number of nitrogens with zero attached hydrogens (tertiary/aromatic N) is 2. The van der Waals surface area contributed by atoms with Crippen molar-refractivity contribution in [2.75, 3.05) is 10.6 Å². The zero-order valence-corrected chi connectivity index (χ0v) is 9.98. The first-order chi connectivity index (χ1) is 9.45. The summed E-state index contributed by atoms with van der Waals surface area (Å²) in [5.41, 5.74) is -0.412. The summed E-state index contributed by atoms with van der Waals surface area (Å²) in [4.78, 5) is 11.6. The summed E-state index contributed by atoms with van der Waals surface area (Å²) in [6, 6.07) is 5.18. The van der Waals surface area contributed by atoms with E-state index in [1.807, 2.05) is 0 Å². The third kappa shape index (κ3) is 3.67. The standard InChI is InChI=1S/C12H9F3N4O/c13-12(14,15)8-2-1-3-9(6-8)18-11(20)19-10-4-5-16-17-7-10/h1-7H,(H2,16,18,19,20). The van der Waals surface area contributed by atoms with Crippen molar-refractivity contribution in [3.63, 3.8) is 0 Å². The normalized spacial score (nSPS) is 10.9. The summed E-state index contributed by atoms with van der Waals surface area (Å²) in [6.45, 7) is 0. The molecule has 2 aromatic rings. The smallest absolute Gasteiger partial charge is 0.308 e. The molecule has 1 aromatic carbocycles. The Morgan fingerprint density at radius 2 is 1.80 bits per heavy atom. The first-order valence-electron chi connectivity index (χ1n) is 5.47. The Kier molecular flexibility index (Phi) is 3.83. The average Bonchev–Trinajstić information content (AvgIpc) is 2.39. The summed E-state index contributed by atoms with van der Waals surface area (Å²) in [6.07, 6.45) is -1.77. The molecule has 5 nitrogen and oxygen atoms in total. The van der Waals surface area contributed by atoms with Crippen LogP contribution in [0.2, 0.25) is 0 Å². The summed E-state index contributed by atoms with van der Waals surface area (Å²) in [5, 5.41) is 11.8. The zero-order valence-electron chi connectivity index (χ0n) is 9.98. The van der Waals surface area contributed by atoms with Gasteiger partial charge in [0.2, 0.25) is 0 Å². The van der Waals surface area contributed by atoms with E-state index in [1.165, 1.54) is 30.6 Å². The number of rotatable bonds is 2. The SMILES string of the molecule is O=C(Nc1ccnnc1)Nc1cccc(C(F)(F)F)c1. The lowest BCUT2D eigenvalue weighted by Crippen LogP contribution is -2.20. The number of alkyl halides is 3. The molecule has 2 amide bonds. The average molecular weight is 282 g/mol. The number of hydrogen-bond donors (Lipinski definition) is 2. The number of benzene rings is 1. The maximum atomic E-state index is 12.5. The molecule has 0 unspecified atom stereocenters. The molecule has 0 spiro atoms. The van der Waals surface area contributed by atoms with Crippen LogP contribution in [0.5, 0.6) is 0 Å². The Hall–Kier alpha value is -2.64. The Bertz CT molecular complexity index is 601. The van der Waals surface area contributed by atoms with E-state index < -0.39 is 17.8 Å². The first kappa shape index (κ1) is 13.8. The summed E-state index contributed by atoms with van der Waals surface area (Å²) < 4.78 is 37.5. The van der Waals surface area contributed by atoms with Crippen LogP contribution in [0.15, 0.2) is 42.7 Å². The van der Waals surface area contributed by atoms with E-state index in [-0.39, 0.29) is 5.69 Å². The van der Waals surface area contributed by atoms with Crippen molar-refractivity contribution in [3.8, 4) is 0 Å². The highest BCUT2D eigenvalue weighted by Gasteiger charge is 2.30. The Balaban J connectivity index is 2.05. The van der Waals surface area contributed by atoms with Crippen molar-refractivity contribution >= 4 is 17.4 Å². The van der Waals surface area contributed by atoms with Crippen LogP contribution in [-0.4, -0.2) is 16.2 Å². The third-order valence-corrected chi connectivity index (χ3v) is 2.29. The van der Waals surface area contributed by atoms with Crippen molar-refractivity contribution in [2.24, 2.45) is 0 Å². The van der Waals surface area contributed by atoms with Gasteiger partial charge in [-0.05, 0) is 24.3 Å². The number of carbonyl (C=O) groups is 1. The number of halogens is 3. The molecule has 1 heterocycles. The van der Waals surface area contributed by atoms with Crippen LogP contribution >= 0.6 is 0 Å². The highest BCUT2D eigenvalue weighted by atomic mass is 19.4. The summed E-state index contributed by atoms with van der Waals surface area (Å²) in [7, 11) is 0. The van der Waals surface area contributed by atoms with Gasteiger partial charge in [-0.15, -0.1) is 0 Å². The molecular formula is C12H9F3N4O. The molecule has 0 aliphatic heterocycles. The van der Waals surface area contributed by atoms with Gasteiger partial charge in [0.15, 0.2) is 0 Å². The van der Waals surface area contributed by atoms with Gasteiger partial charge in [0, 0.05) is 5.69 Å². The number of nitrogens with one attached hydrogen (secondary N) is 2. The van der Waals surface area contributed by atoms with Gasteiger partial charge in [-0.1, -0.05) is 6.07 Å². The Morgan fingerprint density at radius 1 is 1.05 bits per heavy atom. The van der Waals surface area contributed by atoms with Gasteiger partial charge in [0.05, 0.1) is 23.6 Å².